The van der Waals surface area contributed by atoms with Crippen molar-refractivity contribution in [1.82, 2.24) is 0 Å². The Bertz CT molecular complexity index is 319. The summed E-state index contributed by atoms with van der Waals surface area (Å²) in [6.07, 6.45) is 0. The summed E-state index contributed by atoms with van der Waals surface area (Å²) in [5.41, 5.74) is 2.51. The topological polar surface area (TPSA) is 9.23 Å². The fourth-order valence-electron chi connectivity index (χ4n) is 2.74. The summed E-state index contributed by atoms with van der Waals surface area (Å²) in [6, 6.07) is 8.90. The van der Waals surface area contributed by atoms with Crippen LogP contribution in [0.1, 0.15) is 33.3 Å². The second-order valence-corrected chi connectivity index (χ2v) is 10.1. The predicted molar refractivity (Wildman–Crippen MR) is 73.8 cm³/mol. The Morgan fingerprint density at radius 1 is 0.938 bits per heavy atom. The van der Waals surface area contributed by atoms with E-state index in [9.17, 15) is 0 Å². The molecule has 0 saturated heterocycles. The van der Waals surface area contributed by atoms with Crippen LogP contribution in [0.25, 0.3) is 0 Å². The van der Waals surface area contributed by atoms with E-state index < -0.39 is 8.32 Å². The highest BCUT2D eigenvalue weighted by molar-refractivity contribution is 6.88. The summed E-state index contributed by atoms with van der Waals surface area (Å²) in [6.45, 7) is 11.3. The standard InChI is InChI=1S/C14H24OSi/c1-11(2)16(15-6,12(3)4)14-9-7-13(5)8-10-14/h7-12H,1-6H3. The second-order valence-electron chi connectivity index (χ2n) is 5.17. The molecule has 90 valence electrons. The number of hydrogen-bond acceptors (Lipinski definition) is 1. The van der Waals surface area contributed by atoms with Gasteiger partial charge in [-0.05, 0) is 23.2 Å². The predicted octanol–water partition coefficient (Wildman–Crippen LogP) is 3.61. The largest absolute Gasteiger partial charge is 0.415 e. The molecule has 0 aliphatic rings. The smallest absolute Gasteiger partial charge is 0.228 e. The molecule has 0 aromatic heterocycles. The Morgan fingerprint density at radius 3 is 1.69 bits per heavy atom. The third-order valence-electron chi connectivity index (χ3n) is 3.56. The van der Waals surface area contributed by atoms with Gasteiger partial charge in [-0.2, -0.15) is 0 Å². The van der Waals surface area contributed by atoms with E-state index in [0.717, 1.165) is 0 Å². The second kappa shape index (κ2) is 5.15. The molecule has 0 amide bonds. The van der Waals surface area contributed by atoms with E-state index in [-0.39, 0.29) is 0 Å². The Labute approximate surface area is 101 Å². The molecule has 1 rings (SSSR count). The molecule has 0 N–H and O–H groups in total. The van der Waals surface area contributed by atoms with Gasteiger partial charge >= 0.3 is 0 Å². The molecular weight excluding hydrogens is 212 g/mol. The van der Waals surface area contributed by atoms with Crippen molar-refractivity contribution in [3.05, 3.63) is 29.8 Å². The van der Waals surface area contributed by atoms with Gasteiger partial charge in [0.05, 0.1) is 0 Å². The fraction of sp³-hybridized carbons (Fsp3) is 0.571. The van der Waals surface area contributed by atoms with Crippen LogP contribution in [0, 0.1) is 6.92 Å². The van der Waals surface area contributed by atoms with Crippen LogP contribution >= 0.6 is 0 Å². The lowest BCUT2D eigenvalue weighted by atomic mass is 10.2. The van der Waals surface area contributed by atoms with Crippen molar-refractivity contribution in [2.24, 2.45) is 0 Å². The molecule has 1 aromatic carbocycles. The first-order valence-corrected chi connectivity index (χ1v) is 8.13. The van der Waals surface area contributed by atoms with Gasteiger partial charge in [0.15, 0.2) is 0 Å². The molecule has 0 saturated carbocycles. The van der Waals surface area contributed by atoms with Crippen LogP contribution in [0.2, 0.25) is 11.1 Å². The monoisotopic (exact) mass is 236 g/mol. The van der Waals surface area contributed by atoms with E-state index in [4.69, 9.17) is 4.43 Å². The highest BCUT2D eigenvalue weighted by Gasteiger charge is 2.42. The molecule has 0 fully saturated rings. The molecule has 0 radical (unpaired) electrons. The molecule has 1 aromatic rings. The molecule has 1 nitrogen and oxygen atoms in total. The number of rotatable bonds is 4. The Kier molecular flexibility index (Phi) is 4.33. The molecule has 0 spiro atoms. The first-order valence-electron chi connectivity index (χ1n) is 6.07. The average molecular weight is 236 g/mol. The van der Waals surface area contributed by atoms with Crippen LogP contribution in [0.15, 0.2) is 24.3 Å². The molecule has 0 bridgehead atoms. The molecule has 0 aliphatic carbocycles. The van der Waals surface area contributed by atoms with Gasteiger partial charge in [0.1, 0.15) is 0 Å². The number of benzene rings is 1. The zero-order chi connectivity index (χ0) is 12.3. The first kappa shape index (κ1) is 13.5. The lowest BCUT2D eigenvalue weighted by molar-refractivity contribution is 0.385. The molecule has 2 heteroatoms. The van der Waals surface area contributed by atoms with E-state index in [1.807, 2.05) is 7.11 Å². The summed E-state index contributed by atoms with van der Waals surface area (Å²) in [5.74, 6) is 0. The van der Waals surface area contributed by atoms with Gasteiger partial charge < -0.3 is 4.43 Å². The minimum absolute atomic E-state index is 0.597. The Hall–Kier alpha value is -0.603. The fourth-order valence-corrected chi connectivity index (χ4v) is 7.27. The maximum atomic E-state index is 6.03. The summed E-state index contributed by atoms with van der Waals surface area (Å²) in [7, 11) is 0.0578. The summed E-state index contributed by atoms with van der Waals surface area (Å²) in [4.78, 5) is 0. The van der Waals surface area contributed by atoms with Crippen LogP contribution in [0.3, 0.4) is 0 Å². The maximum Gasteiger partial charge on any atom is 0.228 e. The van der Waals surface area contributed by atoms with E-state index in [1.165, 1.54) is 10.8 Å². The average Bonchev–Trinajstić information content (AvgIpc) is 2.21. The van der Waals surface area contributed by atoms with Gasteiger partial charge in [-0.3, -0.25) is 0 Å². The molecule has 0 aliphatic heterocycles. The van der Waals surface area contributed by atoms with Gasteiger partial charge in [0, 0.05) is 7.11 Å². The number of aryl methyl sites for hydroxylation is 1. The third kappa shape index (κ3) is 2.23. The lowest BCUT2D eigenvalue weighted by Gasteiger charge is -2.37. The summed E-state index contributed by atoms with van der Waals surface area (Å²) in [5, 5.41) is 1.42. The van der Waals surface area contributed by atoms with Crippen LogP contribution in [-0.2, 0) is 4.43 Å². The van der Waals surface area contributed by atoms with Crippen LogP contribution < -0.4 is 5.19 Å². The van der Waals surface area contributed by atoms with E-state index in [1.54, 1.807) is 0 Å². The third-order valence-corrected chi connectivity index (χ3v) is 8.90. The van der Waals surface area contributed by atoms with E-state index in [2.05, 4.69) is 58.9 Å². The van der Waals surface area contributed by atoms with E-state index >= 15 is 0 Å². The van der Waals surface area contributed by atoms with Crippen molar-refractivity contribution in [2.75, 3.05) is 7.11 Å². The van der Waals surface area contributed by atoms with Crippen molar-refractivity contribution >= 4 is 13.5 Å². The zero-order valence-corrected chi connectivity index (χ0v) is 12.4. The van der Waals surface area contributed by atoms with Gasteiger partial charge in [-0.1, -0.05) is 57.5 Å². The summed E-state index contributed by atoms with van der Waals surface area (Å²) < 4.78 is 6.03. The molecule has 0 heterocycles. The minimum atomic E-state index is -1.82. The first-order chi connectivity index (χ1) is 7.45. The van der Waals surface area contributed by atoms with Gasteiger partial charge in [0.2, 0.25) is 8.32 Å². The molecule has 0 unspecified atom stereocenters. The molecule has 16 heavy (non-hydrogen) atoms. The van der Waals surface area contributed by atoms with Crippen LogP contribution in [-0.4, -0.2) is 15.4 Å². The maximum absolute atomic E-state index is 6.03. The highest BCUT2D eigenvalue weighted by atomic mass is 28.4. The van der Waals surface area contributed by atoms with Crippen LogP contribution in [0.4, 0.5) is 0 Å². The van der Waals surface area contributed by atoms with Crippen molar-refractivity contribution in [2.45, 2.75) is 45.7 Å². The van der Waals surface area contributed by atoms with Crippen molar-refractivity contribution in [3.63, 3.8) is 0 Å². The number of hydrogen-bond donors (Lipinski definition) is 0. The Balaban J connectivity index is 3.25. The van der Waals surface area contributed by atoms with Crippen LogP contribution in [0.5, 0.6) is 0 Å². The SMILES string of the molecule is CO[Si](c1ccc(C)cc1)(C(C)C)C(C)C. The van der Waals surface area contributed by atoms with Crippen molar-refractivity contribution < 1.29 is 4.43 Å². The summed E-state index contributed by atoms with van der Waals surface area (Å²) >= 11 is 0. The highest BCUT2D eigenvalue weighted by Crippen LogP contribution is 2.32. The molecule has 0 atom stereocenters. The zero-order valence-electron chi connectivity index (χ0n) is 11.4. The van der Waals surface area contributed by atoms with Crippen molar-refractivity contribution in [1.29, 1.82) is 0 Å². The minimum Gasteiger partial charge on any atom is -0.415 e. The lowest BCUT2D eigenvalue weighted by Crippen LogP contribution is -2.55. The Morgan fingerprint density at radius 2 is 1.38 bits per heavy atom. The normalized spacial score (nSPS) is 12.5. The van der Waals surface area contributed by atoms with Gasteiger partial charge in [-0.15, -0.1) is 0 Å². The van der Waals surface area contributed by atoms with E-state index in [0.29, 0.717) is 11.1 Å². The molecular formula is C14H24OSi. The van der Waals surface area contributed by atoms with Gasteiger partial charge in [-0.25, -0.2) is 0 Å². The van der Waals surface area contributed by atoms with Gasteiger partial charge in [0.25, 0.3) is 0 Å². The van der Waals surface area contributed by atoms with Crippen molar-refractivity contribution in [3.8, 4) is 0 Å². The quantitative estimate of drug-likeness (QED) is 0.726.